The minimum Gasteiger partial charge on any atom is -0.495 e. The number of carbonyl (C=O) groups excluding carboxylic acids is 2. The minimum atomic E-state index is -0.348. The number of carbonyl (C=O) groups is 2. The normalized spacial score (nSPS) is 9.92. The summed E-state index contributed by atoms with van der Waals surface area (Å²) in [6, 6.07) is 9.83. The van der Waals surface area contributed by atoms with Gasteiger partial charge in [-0.15, -0.1) is 0 Å². The van der Waals surface area contributed by atoms with Crippen molar-refractivity contribution in [1.29, 1.82) is 0 Å². The van der Waals surface area contributed by atoms with Crippen LogP contribution in [0.5, 0.6) is 17.2 Å². The Balaban J connectivity index is 2.28. The van der Waals surface area contributed by atoms with Gasteiger partial charge in [0.25, 0.3) is 5.91 Å². The van der Waals surface area contributed by atoms with Crippen molar-refractivity contribution in [3.8, 4) is 17.2 Å². The van der Waals surface area contributed by atoms with Crippen molar-refractivity contribution in [2.45, 2.75) is 6.92 Å². The summed E-state index contributed by atoms with van der Waals surface area (Å²) in [5.74, 6) is 0.905. The van der Waals surface area contributed by atoms with Crippen molar-refractivity contribution in [1.82, 2.24) is 0 Å². The number of hydrogen-bond acceptors (Lipinski definition) is 5. The van der Waals surface area contributed by atoms with Crippen LogP contribution in [0.25, 0.3) is 0 Å². The number of benzene rings is 2. The molecule has 0 aliphatic rings. The first-order chi connectivity index (χ1) is 12.0. The first-order valence-corrected chi connectivity index (χ1v) is 7.47. The van der Waals surface area contributed by atoms with E-state index < -0.39 is 0 Å². The molecule has 2 N–H and O–H groups in total. The van der Waals surface area contributed by atoms with Gasteiger partial charge >= 0.3 is 0 Å². The zero-order chi connectivity index (χ0) is 18.4. The Labute approximate surface area is 145 Å². The number of methoxy groups -OCH3 is 3. The third kappa shape index (κ3) is 4.41. The predicted molar refractivity (Wildman–Crippen MR) is 94.8 cm³/mol. The van der Waals surface area contributed by atoms with Gasteiger partial charge in [-0.2, -0.15) is 0 Å². The monoisotopic (exact) mass is 344 g/mol. The van der Waals surface area contributed by atoms with E-state index in [0.717, 1.165) is 0 Å². The maximum atomic E-state index is 12.5. The van der Waals surface area contributed by atoms with Gasteiger partial charge in [0.05, 0.1) is 27.0 Å². The molecule has 0 heterocycles. The number of hydrogen-bond donors (Lipinski definition) is 2. The van der Waals surface area contributed by atoms with Crippen LogP contribution in [0.1, 0.15) is 17.3 Å². The molecule has 7 heteroatoms. The third-order valence-corrected chi connectivity index (χ3v) is 3.41. The van der Waals surface area contributed by atoms with Crippen molar-refractivity contribution in [3.63, 3.8) is 0 Å². The van der Waals surface area contributed by atoms with Gasteiger partial charge in [-0.3, -0.25) is 9.59 Å². The van der Waals surface area contributed by atoms with E-state index in [1.165, 1.54) is 28.3 Å². The number of amides is 2. The van der Waals surface area contributed by atoms with E-state index in [1.807, 2.05) is 0 Å². The predicted octanol–water partition coefficient (Wildman–Crippen LogP) is 2.92. The van der Waals surface area contributed by atoms with E-state index in [1.54, 1.807) is 36.4 Å². The molecule has 0 bridgehead atoms. The summed E-state index contributed by atoms with van der Waals surface area (Å²) < 4.78 is 15.6. The van der Waals surface area contributed by atoms with Gasteiger partial charge in [-0.25, -0.2) is 0 Å². The van der Waals surface area contributed by atoms with Gasteiger partial charge in [0.2, 0.25) is 5.91 Å². The Morgan fingerprint density at radius 2 is 1.44 bits per heavy atom. The van der Waals surface area contributed by atoms with Crippen LogP contribution >= 0.6 is 0 Å². The maximum Gasteiger partial charge on any atom is 0.255 e. The van der Waals surface area contributed by atoms with Gasteiger partial charge in [-0.1, -0.05) is 0 Å². The van der Waals surface area contributed by atoms with E-state index >= 15 is 0 Å². The topological polar surface area (TPSA) is 85.9 Å². The fraction of sp³-hybridized carbons (Fsp3) is 0.222. The highest BCUT2D eigenvalue weighted by Gasteiger charge is 2.14. The summed E-state index contributed by atoms with van der Waals surface area (Å²) in [4.78, 5) is 23.7. The molecule has 0 atom stereocenters. The Hall–Kier alpha value is -3.22. The second kappa shape index (κ2) is 8.05. The van der Waals surface area contributed by atoms with Crippen LogP contribution in [0.15, 0.2) is 36.4 Å². The summed E-state index contributed by atoms with van der Waals surface area (Å²) in [6.45, 7) is 1.41. The summed E-state index contributed by atoms with van der Waals surface area (Å²) in [5, 5.41) is 5.43. The Morgan fingerprint density at radius 3 is 2.04 bits per heavy atom. The average molecular weight is 344 g/mol. The van der Waals surface area contributed by atoms with Crippen LogP contribution in [0.3, 0.4) is 0 Å². The lowest BCUT2D eigenvalue weighted by molar-refractivity contribution is -0.114. The summed E-state index contributed by atoms with van der Waals surface area (Å²) >= 11 is 0. The van der Waals surface area contributed by atoms with Gasteiger partial charge in [0, 0.05) is 18.2 Å². The molecule has 7 nitrogen and oxygen atoms in total. The highest BCUT2D eigenvalue weighted by molar-refractivity contribution is 6.06. The molecule has 2 rings (SSSR count). The number of nitrogens with one attached hydrogen (secondary N) is 2. The molecule has 0 aromatic heterocycles. The lowest BCUT2D eigenvalue weighted by Gasteiger charge is -2.13. The molecule has 0 spiro atoms. The molecular weight excluding hydrogens is 324 g/mol. The SMILES string of the molecule is COc1ccc(NC(C)=O)cc1NC(=O)c1ccc(OC)c(OC)c1. The molecule has 2 aromatic carbocycles. The molecule has 2 aromatic rings. The molecule has 132 valence electrons. The number of anilines is 2. The van der Waals surface area contributed by atoms with Crippen LogP contribution in [-0.2, 0) is 4.79 Å². The lowest BCUT2D eigenvalue weighted by Crippen LogP contribution is -2.13. The van der Waals surface area contributed by atoms with E-state index in [0.29, 0.717) is 34.2 Å². The third-order valence-electron chi connectivity index (χ3n) is 3.41. The van der Waals surface area contributed by atoms with Crippen LogP contribution in [0.2, 0.25) is 0 Å². The molecule has 0 radical (unpaired) electrons. The van der Waals surface area contributed by atoms with Crippen LogP contribution in [0.4, 0.5) is 11.4 Å². The van der Waals surface area contributed by atoms with Crippen molar-refractivity contribution >= 4 is 23.2 Å². The molecule has 2 amide bonds. The van der Waals surface area contributed by atoms with Crippen molar-refractivity contribution in [2.75, 3.05) is 32.0 Å². The molecule has 0 saturated carbocycles. The largest absolute Gasteiger partial charge is 0.495 e. The molecule has 0 unspecified atom stereocenters. The standard InChI is InChI=1S/C18H20N2O5/c1-11(21)19-13-6-8-15(23-2)14(10-13)20-18(22)12-5-7-16(24-3)17(9-12)25-4/h5-10H,1-4H3,(H,19,21)(H,20,22). The molecule has 25 heavy (non-hydrogen) atoms. The second-order valence-corrected chi connectivity index (χ2v) is 5.12. The van der Waals surface area contributed by atoms with Gasteiger partial charge in [-0.05, 0) is 36.4 Å². The summed E-state index contributed by atoms with van der Waals surface area (Å²) in [6.07, 6.45) is 0. The highest BCUT2D eigenvalue weighted by Crippen LogP contribution is 2.30. The van der Waals surface area contributed by atoms with E-state index in [2.05, 4.69) is 10.6 Å². The fourth-order valence-corrected chi connectivity index (χ4v) is 2.26. The fourth-order valence-electron chi connectivity index (χ4n) is 2.26. The van der Waals surface area contributed by atoms with E-state index in [4.69, 9.17) is 14.2 Å². The molecule has 0 fully saturated rings. The number of rotatable bonds is 6. The Bertz CT molecular complexity index is 789. The molecule has 0 aliphatic heterocycles. The quantitative estimate of drug-likeness (QED) is 0.841. The Morgan fingerprint density at radius 1 is 0.800 bits per heavy atom. The molecule has 0 saturated heterocycles. The van der Waals surface area contributed by atoms with Gasteiger partial charge in [0.1, 0.15) is 5.75 Å². The zero-order valence-corrected chi connectivity index (χ0v) is 14.5. The number of ether oxygens (including phenoxy) is 3. The first kappa shape index (κ1) is 18.1. The molecule has 0 aliphatic carbocycles. The average Bonchev–Trinajstić information content (AvgIpc) is 2.60. The highest BCUT2D eigenvalue weighted by atomic mass is 16.5. The Kier molecular flexibility index (Phi) is 5.84. The summed E-state index contributed by atoms with van der Waals surface area (Å²) in [7, 11) is 4.52. The van der Waals surface area contributed by atoms with Crippen LogP contribution in [0, 0.1) is 0 Å². The van der Waals surface area contributed by atoms with E-state index in [-0.39, 0.29) is 11.8 Å². The van der Waals surface area contributed by atoms with Gasteiger partial charge < -0.3 is 24.8 Å². The smallest absolute Gasteiger partial charge is 0.255 e. The molecular formula is C18H20N2O5. The maximum absolute atomic E-state index is 12.5. The van der Waals surface area contributed by atoms with Crippen molar-refractivity contribution in [2.24, 2.45) is 0 Å². The van der Waals surface area contributed by atoms with Crippen molar-refractivity contribution in [3.05, 3.63) is 42.0 Å². The van der Waals surface area contributed by atoms with Gasteiger partial charge in [0.15, 0.2) is 11.5 Å². The van der Waals surface area contributed by atoms with E-state index in [9.17, 15) is 9.59 Å². The lowest BCUT2D eigenvalue weighted by atomic mass is 10.1. The zero-order valence-electron chi connectivity index (χ0n) is 14.5. The van der Waals surface area contributed by atoms with Crippen LogP contribution in [-0.4, -0.2) is 33.1 Å². The first-order valence-electron chi connectivity index (χ1n) is 7.47. The minimum absolute atomic E-state index is 0.206. The second-order valence-electron chi connectivity index (χ2n) is 5.12. The van der Waals surface area contributed by atoms with Crippen molar-refractivity contribution < 1.29 is 23.8 Å². The van der Waals surface area contributed by atoms with Crippen LogP contribution < -0.4 is 24.8 Å². The summed E-state index contributed by atoms with van der Waals surface area (Å²) in [5.41, 5.74) is 1.38.